The molecule has 1 saturated carbocycles. The minimum Gasteiger partial charge on any atom is -0.327 e. The van der Waals surface area contributed by atoms with Crippen LogP contribution in [0.1, 0.15) is 25.7 Å². The number of nitrogens with two attached hydrogens (primary N) is 1. The molecule has 52 valence electrons. The van der Waals surface area contributed by atoms with Crippen LogP contribution in [0.3, 0.4) is 0 Å². The maximum absolute atomic E-state index is 5.82. The lowest BCUT2D eigenvalue weighted by Gasteiger charge is -2.25. The van der Waals surface area contributed by atoms with Crippen LogP contribution in [0.25, 0.3) is 0 Å². The summed E-state index contributed by atoms with van der Waals surface area (Å²) in [6, 6.07) is 0.399. The number of hydrogen-bond acceptors (Lipinski definition) is 1. The molecule has 1 heteroatoms. The van der Waals surface area contributed by atoms with Gasteiger partial charge < -0.3 is 5.73 Å². The Labute approximate surface area is 56.9 Å². The third kappa shape index (κ3) is 1.55. The first-order chi connectivity index (χ1) is 4.34. The summed E-state index contributed by atoms with van der Waals surface area (Å²) in [5.41, 5.74) is 5.82. The first kappa shape index (κ1) is 6.81. The molecule has 0 radical (unpaired) electrons. The second kappa shape index (κ2) is 3.02. The van der Waals surface area contributed by atoms with Gasteiger partial charge in [0.2, 0.25) is 0 Å². The molecular weight excluding hydrogens is 110 g/mol. The fraction of sp³-hybridized carbons (Fsp3) is 0.750. The lowest BCUT2D eigenvalue weighted by molar-refractivity contribution is 0.362. The zero-order chi connectivity index (χ0) is 6.69. The van der Waals surface area contributed by atoms with E-state index in [0.29, 0.717) is 12.0 Å². The summed E-state index contributed by atoms with van der Waals surface area (Å²) in [5.74, 6) is 0.596. The van der Waals surface area contributed by atoms with Crippen LogP contribution in [0, 0.1) is 5.92 Å². The van der Waals surface area contributed by atoms with E-state index in [1.807, 2.05) is 6.08 Å². The van der Waals surface area contributed by atoms with Crippen molar-refractivity contribution in [3.63, 3.8) is 0 Å². The van der Waals surface area contributed by atoms with E-state index in [9.17, 15) is 0 Å². The van der Waals surface area contributed by atoms with E-state index < -0.39 is 0 Å². The van der Waals surface area contributed by atoms with Gasteiger partial charge in [0, 0.05) is 6.04 Å². The van der Waals surface area contributed by atoms with Crippen molar-refractivity contribution < 1.29 is 0 Å². The van der Waals surface area contributed by atoms with Crippen LogP contribution >= 0.6 is 0 Å². The predicted molar refractivity (Wildman–Crippen MR) is 40.1 cm³/mol. The van der Waals surface area contributed by atoms with E-state index in [4.69, 9.17) is 5.73 Å². The van der Waals surface area contributed by atoms with E-state index in [1.165, 1.54) is 25.7 Å². The van der Waals surface area contributed by atoms with Crippen LogP contribution in [0.2, 0.25) is 0 Å². The number of rotatable bonds is 1. The highest BCUT2D eigenvalue weighted by Crippen LogP contribution is 2.22. The highest BCUT2D eigenvalue weighted by atomic mass is 14.6. The maximum Gasteiger partial charge on any atom is 0.0102 e. The maximum atomic E-state index is 5.82. The highest BCUT2D eigenvalue weighted by Gasteiger charge is 2.17. The van der Waals surface area contributed by atoms with Crippen LogP contribution in [-0.4, -0.2) is 6.04 Å². The zero-order valence-electron chi connectivity index (χ0n) is 5.84. The van der Waals surface area contributed by atoms with Gasteiger partial charge in [0.1, 0.15) is 0 Å². The smallest absolute Gasteiger partial charge is 0.0102 e. The van der Waals surface area contributed by atoms with Gasteiger partial charge in [-0.3, -0.25) is 0 Å². The summed E-state index contributed by atoms with van der Waals surface area (Å²) in [6.07, 6.45) is 7.10. The van der Waals surface area contributed by atoms with Crippen LogP contribution in [-0.2, 0) is 0 Å². The molecule has 1 nitrogen and oxygen atoms in total. The average Bonchev–Trinajstić information content (AvgIpc) is 1.89. The molecule has 0 aromatic heterocycles. The van der Waals surface area contributed by atoms with E-state index in [1.54, 1.807) is 0 Å². The van der Waals surface area contributed by atoms with Crippen molar-refractivity contribution in [1.29, 1.82) is 0 Å². The van der Waals surface area contributed by atoms with Gasteiger partial charge in [-0.2, -0.15) is 0 Å². The molecule has 1 fully saturated rings. The summed E-state index contributed by atoms with van der Waals surface area (Å²) in [6.45, 7) is 3.75. The summed E-state index contributed by atoms with van der Waals surface area (Å²) in [5, 5.41) is 0. The minimum absolute atomic E-state index is 0.399. The topological polar surface area (TPSA) is 26.0 Å². The van der Waals surface area contributed by atoms with Crippen LogP contribution < -0.4 is 5.73 Å². The van der Waals surface area contributed by atoms with Crippen molar-refractivity contribution in [2.24, 2.45) is 11.7 Å². The van der Waals surface area contributed by atoms with Gasteiger partial charge in [-0.1, -0.05) is 18.9 Å². The fourth-order valence-electron chi connectivity index (χ4n) is 1.48. The van der Waals surface area contributed by atoms with Gasteiger partial charge in [-0.05, 0) is 18.8 Å². The molecule has 0 unspecified atom stereocenters. The molecular formula is C8H15N. The van der Waals surface area contributed by atoms with E-state index >= 15 is 0 Å². The van der Waals surface area contributed by atoms with Gasteiger partial charge in [0.15, 0.2) is 0 Å². The van der Waals surface area contributed by atoms with Gasteiger partial charge in [-0.15, -0.1) is 6.58 Å². The molecule has 0 amide bonds. The first-order valence-corrected chi connectivity index (χ1v) is 3.72. The predicted octanol–water partition coefficient (Wildman–Crippen LogP) is 1.69. The molecule has 0 aliphatic heterocycles. The highest BCUT2D eigenvalue weighted by molar-refractivity contribution is 4.89. The second-order valence-corrected chi connectivity index (χ2v) is 2.85. The second-order valence-electron chi connectivity index (χ2n) is 2.85. The Bertz CT molecular complexity index is 98.7. The van der Waals surface area contributed by atoms with Gasteiger partial charge in [0.05, 0.1) is 0 Å². The molecule has 1 aliphatic carbocycles. The Morgan fingerprint density at radius 3 is 2.44 bits per heavy atom. The zero-order valence-corrected chi connectivity index (χ0v) is 5.84. The first-order valence-electron chi connectivity index (χ1n) is 3.72. The normalized spacial score (nSPS) is 36.1. The van der Waals surface area contributed by atoms with Crippen molar-refractivity contribution in [3.8, 4) is 0 Å². The molecule has 0 saturated heterocycles. The van der Waals surface area contributed by atoms with Crippen LogP contribution in [0.4, 0.5) is 0 Å². The van der Waals surface area contributed by atoms with Crippen molar-refractivity contribution in [2.75, 3.05) is 0 Å². The standard InChI is InChI=1S/C8H15N/c1-2-7-5-3-4-6-8(7)9/h2,7-8H,1,3-6,9H2/t7-,8+/m0/s1. The monoisotopic (exact) mass is 125 g/mol. The molecule has 0 spiro atoms. The van der Waals surface area contributed by atoms with Crippen molar-refractivity contribution in [2.45, 2.75) is 31.7 Å². The van der Waals surface area contributed by atoms with Crippen molar-refractivity contribution in [1.82, 2.24) is 0 Å². The molecule has 1 aliphatic rings. The van der Waals surface area contributed by atoms with E-state index in [0.717, 1.165) is 0 Å². The van der Waals surface area contributed by atoms with Crippen LogP contribution in [0.15, 0.2) is 12.7 Å². The van der Waals surface area contributed by atoms with E-state index in [2.05, 4.69) is 6.58 Å². The quantitative estimate of drug-likeness (QED) is 0.530. The lowest BCUT2D eigenvalue weighted by Crippen LogP contribution is -2.31. The summed E-state index contributed by atoms with van der Waals surface area (Å²) in [7, 11) is 0. The van der Waals surface area contributed by atoms with E-state index in [-0.39, 0.29) is 0 Å². The number of hydrogen-bond donors (Lipinski definition) is 1. The SMILES string of the molecule is C=C[C@H]1CCCC[C@H]1N. The molecule has 1 rings (SSSR count). The average molecular weight is 125 g/mol. The molecule has 9 heavy (non-hydrogen) atoms. The molecule has 0 bridgehead atoms. The fourth-order valence-corrected chi connectivity index (χ4v) is 1.48. The van der Waals surface area contributed by atoms with Gasteiger partial charge >= 0.3 is 0 Å². The largest absolute Gasteiger partial charge is 0.327 e. The third-order valence-corrected chi connectivity index (χ3v) is 2.18. The Hall–Kier alpha value is -0.300. The molecule has 2 atom stereocenters. The minimum atomic E-state index is 0.399. The summed E-state index contributed by atoms with van der Waals surface area (Å²) >= 11 is 0. The van der Waals surface area contributed by atoms with Crippen molar-refractivity contribution >= 4 is 0 Å². The van der Waals surface area contributed by atoms with Gasteiger partial charge in [-0.25, -0.2) is 0 Å². The Morgan fingerprint density at radius 1 is 1.33 bits per heavy atom. The third-order valence-electron chi connectivity index (χ3n) is 2.18. The van der Waals surface area contributed by atoms with Crippen molar-refractivity contribution in [3.05, 3.63) is 12.7 Å². The summed E-state index contributed by atoms with van der Waals surface area (Å²) < 4.78 is 0. The Morgan fingerprint density at radius 2 is 2.00 bits per heavy atom. The Kier molecular flexibility index (Phi) is 2.29. The Balaban J connectivity index is 2.38. The van der Waals surface area contributed by atoms with Gasteiger partial charge in [0.25, 0.3) is 0 Å². The molecule has 0 aromatic carbocycles. The summed E-state index contributed by atoms with van der Waals surface area (Å²) in [4.78, 5) is 0. The van der Waals surface area contributed by atoms with Crippen LogP contribution in [0.5, 0.6) is 0 Å². The molecule has 0 aromatic rings. The molecule has 0 heterocycles. The lowest BCUT2D eigenvalue weighted by atomic mass is 9.85. The molecule has 2 N–H and O–H groups in total.